The molecular formula is C23H17Cl2NO. The lowest BCUT2D eigenvalue weighted by Gasteiger charge is -2.17. The van der Waals surface area contributed by atoms with Crippen molar-refractivity contribution in [3.8, 4) is 33.7 Å². The van der Waals surface area contributed by atoms with Crippen LogP contribution in [0.15, 0.2) is 79.1 Å². The summed E-state index contributed by atoms with van der Waals surface area (Å²) in [6, 6.07) is 21.1. The molecule has 27 heavy (non-hydrogen) atoms. The number of aromatic hydroxyl groups is 1. The smallest absolute Gasteiger partial charge is 0.147 e. The number of aromatic nitrogens is 1. The number of benzene rings is 3. The molecule has 0 aliphatic heterocycles. The van der Waals surface area contributed by atoms with Crippen molar-refractivity contribution in [3.63, 3.8) is 0 Å². The van der Waals surface area contributed by atoms with E-state index in [0.717, 1.165) is 27.8 Å². The van der Waals surface area contributed by atoms with Gasteiger partial charge in [-0.2, -0.15) is 0 Å². The topological polar surface area (TPSA) is 25.2 Å². The average Bonchev–Trinajstić information content (AvgIpc) is 3.18. The van der Waals surface area contributed by atoms with Crippen molar-refractivity contribution in [2.75, 3.05) is 0 Å². The molecule has 1 N–H and O–H groups in total. The molecule has 0 aliphatic carbocycles. The van der Waals surface area contributed by atoms with E-state index >= 15 is 0 Å². The van der Waals surface area contributed by atoms with E-state index in [1.165, 1.54) is 0 Å². The van der Waals surface area contributed by atoms with Crippen LogP contribution < -0.4 is 0 Å². The molecule has 0 saturated carbocycles. The first-order chi connectivity index (χ1) is 13.1. The molecule has 0 saturated heterocycles. The first-order valence-electron chi connectivity index (χ1n) is 8.57. The predicted molar refractivity (Wildman–Crippen MR) is 113 cm³/mol. The zero-order valence-corrected chi connectivity index (χ0v) is 16.2. The Morgan fingerprint density at radius 1 is 0.778 bits per heavy atom. The molecule has 0 amide bonds. The molecule has 1 aromatic heterocycles. The van der Waals surface area contributed by atoms with Gasteiger partial charge in [-0.15, -0.1) is 0 Å². The van der Waals surface area contributed by atoms with Crippen molar-refractivity contribution in [2.45, 2.75) is 6.92 Å². The van der Waals surface area contributed by atoms with E-state index in [1.807, 2.05) is 90.6 Å². The molecule has 0 spiro atoms. The highest BCUT2D eigenvalue weighted by molar-refractivity contribution is 6.39. The number of halogens is 2. The van der Waals surface area contributed by atoms with Gasteiger partial charge in [-0.1, -0.05) is 53.5 Å². The molecule has 2 nitrogen and oxygen atoms in total. The number of aryl methyl sites for hydroxylation is 1. The van der Waals surface area contributed by atoms with Crippen LogP contribution in [-0.4, -0.2) is 9.67 Å². The number of hydrogen-bond acceptors (Lipinski definition) is 1. The third kappa shape index (κ3) is 3.23. The van der Waals surface area contributed by atoms with Crippen LogP contribution >= 0.6 is 23.2 Å². The van der Waals surface area contributed by atoms with Crippen molar-refractivity contribution in [1.29, 1.82) is 0 Å². The van der Waals surface area contributed by atoms with E-state index in [1.54, 1.807) is 0 Å². The fraction of sp³-hybridized carbons (Fsp3) is 0.0435. The number of phenols is 1. The number of phenolic OH excluding ortho intramolecular Hbond substituents is 1. The van der Waals surface area contributed by atoms with Gasteiger partial charge in [0, 0.05) is 33.6 Å². The molecule has 134 valence electrons. The second kappa shape index (κ2) is 7.15. The highest BCUT2D eigenvalue weighted by Crippen LogP contribution is 2.43. The van der Waals surface area contributed by atoms with Crippen LogP contribution in [0.5, 0.6) is 5.75 Å². The fourth-order valence-corrected chi connectivity index (χ4v) is 3.93. The van der Waals surface area contributed by atoms with Gasteiger partial charge in [0.05, 0.1) is 5.69 Å². The molecule has 0 atom stereocenters. The van der Waals surface area contributed by atoms with Crippen LogP contribution in [0.2, 0.25) is 10.0 Å². The Morgan fingerprint density at radius 3 is 2.11 bits per heavy atom. The minimum Gasteiger partial charge on any atom is -0.505 e. The standard InChI is InChI=1S/C23H17Cl2NO/c1-15-7-2-3-8-17(15)18-13-16(22-19(24)9-6-10-20(22)25)14-21(23(18)27)26-11-4-5-12-26/h2-14,27H,1H3. The molecule has 0 fully saturated rings. The van der Waals surface area contributed by atoms with Gasteiger partial charge in [0.1, 0.15) is 5.75 Å². The summed E-state index contributed by atoms with van der Waals surface area (Å²) in [5.41, 5.74) is 5.06. The normalized spacial score (nSPS) is 10.9. The zero-order chi connectivity index (χ0) is 19.0. The monoisotopic (exact) mass is 393 g/mol. The van der Waals surface area contributed by atoms with E-state index in [4.69, 9.17) is 23.2 Å². The van der Waals surface area contributed by atoms with Gasteiger partial charge in [-0.25, -0.2) is 0 Å². The highest BCUT2D eigenvalue weighted by Gasteiger charge is 2.17. The molecule has 0 aliphatic rings. The summed E-state index contributed by atoms with van der Waals surface area (Å²) >= 11 is 12.9. The van der Waals surface area contributed by atoms with Gasteiger partial charge < -0.3 is 9.67 Å². The van der Waals surface area contributed by atoms with E-state index < -0.39 is 0 Å². The Kier molecular flexibility index (Phi) is 4.69. The van der Waals surface area contributed by atoms with Gasteiger partial charge in [-0.3, -0.25) is 0 Å². The lowest BCUT2D eigenvalue weighted by Crippen LogP contribution is -1.95. The maximum absolute atomic E-state index is 11.1. The van der Waals surface area contributed by atoms with E-state index in [9.17, 15) is 5.11 Å². The van der Waals surface area contributed by atoms with E-state index in [0.29, 0.717) is 15.7 Å². The first kappa shape index (κ1) is 17.7. The van der Waals surface area contributed by atoms with Crippen LogP contribution in [0.3, 0.4) is 0 Å². The van der Waals surface area contributed by atoms with Gasteiger partial charge in [0.25, 0.3) is 0 Å². The first-order valence-corrected chi connectivity index (χ1v) is 9.32. The molecule has 4 rings (SSSR count). The Hall–Kier alpha value is -2.68. The second-order valence-electron chi connectivity index (χ2n) is 6.39. The summed E-state index contributed by atoms with van der Waals surface area (Å²) < 4.78 is 1.88. The molecule has 0 bridgehead atoms. The van der Waals surface area contributed by atoms with Gasteiger partial charge >= 0.3 is 0 Å². The summed E-state index contributed by atoms with van der Waals surface area (Å²) in [7, 11) is 0. The summed E-state index contributed by atoms with van der Waals surface area (Å²) in [6.07, 6.45) is 3.79. The maximum Gasteiger partial charge on any atom is 0.147 e. The van der Waals surface area contributed by atoms with Crippen LogP contribution in [0.25, 0.3) is 27.9 Å². The largest absolute Gasteiger partial charge is 0.505 e. The van der Waals surface area contributed by atoms with Crippen LogP contribution in [-0.2, 0) is 0 Å². The lowest BCUT2D eigenvalue weighted by molar-refractivity contribution is 0.474. The Bertz CT molecular complexity index is 1100. The number of nitrogens with zero attached hydrogens (tertiary/aromatic N) is 1. The average molecular weight is 394 g/mol. The molecule has 4 aromatic rings. The highest BCUT2D eigenvalue weighted by atomic mass is 35.5. The van der Waals surface area contributed by atoms with Crippen LogP contribution in [0.1, 0.15) is 5.56 Å². The summed E-state index contributed by atoms with van der Waals surface area (Å²) in [4.78, 5) is 0. The molecule has 0 radical (unpaired) electrons. The third-order valence-corrected chi connectivity index (χ3v) is 5.29. The van der Waals surface area contributed by atoms with Crippen molar-refractivity contribution in [2.24, 2.45) is 0 Å². The SMILES string of the molecule is Cc1ccccc1-c1cc(-c2c(Cl)cccc2Cl)cc(-n2cccc2)c1O. The fourth-order valence-electron chi connectivity index (χ4n) is 3.31. The summed E-state index contributed by atoms with van der Waals surface area (Å²) in [5, 5.41) is 12.2. The molecule has 4 heteroatoms. The van der Waals surface area contributed by atoms with Crippen LogP contribution in [0.4, 0.5) is 0 Å². The van der Waals surface area contributed by atoms with E-state index in [2.05, 4.69) is 0 Å². The lowest BCUT2D eigenvalue weighted by atomic mass is 9.94. The van der Waals surface area contributed by atoms with Gasteiger partial charge in [0.15, 0.2) is 0 Å². The minimum atomic E-state index is 0.215. The quantitative estimate of drug-likeness (QED) is 0.393. The Balaban J connectivity index is 2.06. The van der Waals surface area contributed by atoms with Crippen LogP contribution in [0, 0.1) is 6.92 Å². The Morgan fingerprint density at radius 2 is 1.44 bits per heavy atom. The third-order valence-electron chi connectivity index (χ3n) is 4.66. The summed E-state index contributed by atoms with van der Waals surface area (Å²) in [6.45, 7) is 2.03. The maximum atomic E-state index is 11.1. The van der Waals surface area contributed by atoms with Crippen molar-refractivity contribution >= 4 is 23.2 Å². The van der Waals surface area contributed by atoms with E-state index in [-0.39, 0.29) is 5.75 Å². The second-order valence-corrected chi connectivity index (χ2v) is 7.21. The number of hydrogen-bond donors (Lipinski definition) is 1. The molecular weight excluding hydrogens is 377 g/mol. The molecule has 0 unspecified atom stereocenters. The summed E-state index contributed by atoms with van der Waals surface area (Å²) in [5.74, 6) is 0.215. The minimum absolute atomic E-state index is 0.215. The molecule has 3 aromatic carbocycles. The predicted octanol–water partition coefficient (Wildman–Crippen LogP) is 7.13. The zero-order valence-electron chi connectivity index (χ0n) is 14.7. The van der Waals surface area contributed by atoms with Crippen molar-refractivity contribution in [3.05, 3.63) is 94.7 Å². The van der Waals surface area contributed by atoms with Crippen molar-refractivity contribution in [1.82, 2.24) is 4.57 Å². The van der Waals surface area contributed by atoms with Crippen molar-refractivity contribution < 1.29 is 5.11 Å². The Labute approximate surface area is 168 Å². The van der Waals surface area contributed by atoms with Gasteiger partial charge in [0.2, 0.25) is 0 Å². The van der Waals surface area contributed by atoms with Gasteiger partial charge in [-0.05, 0) is 60.0 Å². The number of rotatable bonds is 3. The molecule has 1 heterocycles.